The van der Waals surface area contributed by atoms with Crippen molar-refractivity contribution >= 4 is 41.2 Å². The first kappa shape index (κ1) is 81.4. The van der Waals surface area contributed by atoms with Crippen LogP contribution in [0.4, 0.5) is 5.69 Å². The minimum atomic E-state index is -0.999. The number of amides is 5. The van der Waals surface area contributed by atoms with Gasteiger partial charge >= 0.3 is 5.97 Å². The van der Waals surface area contributed by atoms with Gasteiger partial charge < -0.3 is 101 Å². The van der Waals surface area contributed by atoms with Gasteiger partial charge in [-0.1, -0.05) is 6.07 Å². The third-order valence-electron chi connectivity index (χ3n) is 12.6. The number of carbonyl (C=O) groups is 6. The van der Waals surface area contributed by atoms with Crippen LogP contribution in [0.25, 0.3) is 0 Å². The predicted molar refractivity (Wildman–Crippen MR) is 330 cm³/mol. The Morgan fingerprint density at radius 3 is 1.20 bits per heavy atom. The van der Waals surface area contributed by atoms with Crippen molar-refractivity contribution in [2.24, 2.45) is 5.41 Å². The van der Waals surface area contributed by atoms with Gasteiger partial charge in [-0.15, -0.1) is 0 Å². The minimum Gasteiger partial charge on any atom is -0.460 e. The van der Waals surface area contributed by atoms with Gasteiger partial charge in [0, 0.05) is 58.4 Å². The first-order chi connectivity index (χ1) is 43.7. The monoisotopic (exact) mass is 1290 g/mol. The SMILES string of the molecule is COCCOCCOCCOCCOCCOCCOCCOCCCN(CCCOCCOCCOCCOCCOCCOCCOCCOC)CCCc1cc(NC(=O)[C@H](C)NC(=O)CNC(=O)CN2C(=O)C=CC2=O)ccc1COC(=O)C(C)(C)C. The lowest BCUT2D eigenvalue weighted by molar-refractivity contribution is -0.154. The molecule has 0 aliphatic carbocycles. The Morgan fingerprint density at radius 1 is 0.478 bits per heavy atom. The zero-order valence-electron chi connectivity index (χ0n) is 54.5. The molecule has 0 fully saturated rings. The van der Waals surface area contributed by atoms with Crippen LogP contribution in [-0.2, 0) is 122 Å². The number of nitrogens with one attached hydrogen (secondary N) is 3. The van der Waals surface area contributed by atoms with Crippen molar-refractivity contribution < 1.29 is 109 Å². The van der Waals surface area contributed by atoms with E-state index in [9.17, 15) is 28.8 Å². The van der Waals surface area contributed by atoms with Crippen LogP contribution in [0.1, 0.15) is 58.1 Å². The second-order valence-corrected chi connectivity index (χ2v) is 21.2. The van der Waals surface area contributed by atoms with E-state index in [1.807, 2.05) is 12.1 Å². The normalized spacial score (nSPS) is 12.8. The average molecular weight is 1290 g/mol. The van der Waals surface area contributed by atoms with Crippen molar-refractivity contribution in [2.45, 2.75) is 66.0 Å². The number of benzene rings is 1. The van der Waals surface area contributed by atoms with Gasteiger partial charge in [0.1, 0.15) is 19.2 Å². The Kier molecular flexibility index (Phi) is 50.5. The Labute approximate surface area is 532 Å². The molecule has 3 N–H and O–H groups in total. The van der Waals surface area contributed by atoms with Crippen molar-refractivity contribution in [3.05, 3.63) is 41.5 Å². The molecule has 0 unspecified atom stereocenters. The van der Waals surface area contributed by atoms with Crippen LogP contribution in [-0.4, -0.2) is 296 Å². The number of nitrogens with zero attached hydrogens (tertiary/aromatic N) is 2. The van der Waals surface area contributed by atoms with Crippen molar-refractivity contribution in [1.29, 1.82) is 0 Å². The fourth-order valence-electron chi connectivity index (χ4n) is 7.75. The predicted octanol–water partition coefficient (Wildman–Crippen LogP) is 1.80. The molecule has 28 heteroatoms. The summed E-state index contributed by atoms with van der Waals surface area (Å²) >= 11 is 0. The number of anilines is 1. The van der Waals surface area contributed by atoms with Gasteiger partial charge in [0.05, 0.1) is 197 Å². The van der Waals surface area contributed by atoms with Gasteiger partial charge in [-0.3, -0.25) is 33.7 Å². The van der Waals surface area contributed by atoms with Crippen molar-refractivity contribution in [3.8, 4) is 0 Å². The van der Waals surface area contributed by atoms with Gasteiger partial charge in [-0.25, -0.2) is 0 Å². The van der Waals surface area contributed by atoms with Crippen LogP contribution < -0.4 is 16.0 Å². The topological polar surface area (TPSA) is 302 Å². The van der Waals surface area contributed by atoms with Crippen molar-refractivity contribution in [1.82, 2.24) is 20.4 Å². The molecule has 5 amide bonds. The molecular formula is C62H107N5O23. The highest BCUT2D eigenvalue weighted by atomic mass is 16.6. The lowest BCUT2D eigenvalue weighted by Crippen LogP contribution is -2.47. The summed E-state index contributed by atoms with van der Waals surface area (Å²) in [7, 11) is 3.27. The van der Waals surface area contributed by atoms with Gasteiger partial charge in [-0.2, -0.15) is 0 Å². The summed E-state index contributed by atoms with van der Waals surface area (Å²) < 4.78 is 93.8. The van der Waals surface area contributed by atoms with E-state index >= 15 is 0 Å². The van der Waals surface area contributed by atoms with Crippen LogP contribution in [0.15, 0.2) is 30.4 Å². The number of hydrogen-bond donors (Lipinski definition) is 3. The largest absolute Gasteiger partial charge is 0.460 e. The molecule has 90 heavy (non-hydrogen) atoms. The summed E-state index contributed by atoms with van der Waals surface area (Å²) in [5, 5.41) is 7.76. The zero-order chi connectivity index (χ0) is 65.4. The number of carbonyl (C=O) groups excluding carboxylic acids is 6. The Hall–Kier alpha value is -4.70. The lowest BCUT2D eigenvalue weighted by atomic mass is 9.97. The van der Waals surface area contributed by atoms with E-state index in [2.05, 4.69) is 20.9 Å². The highest BCUT2D eigenvalue weighted by molar-refractivity contribution is 6.14. The van der Waals surface area contributed by atoms with Gasteiger partial charge in [0.25, 0.3) is 11.8 Å². The summed E-state index contributed by atoms with van der Waals surface area (Å²) in [5.74, 6) is -3.48. The summed E-state index contributed by atoms with van der Waals surface area (Å²) in [5.41, 5.74) is 1.42. The highest BCUT2D eigenvalue weighted by Gasteiger charge is 2.27. The zero-order valence-corrected chi connectivity index (χ0v) is 54.5. The molecule has 0 saturated heterocycles. The summed E-state index contributed by atoms with van der Waals surface area (Å²) in [4.78, 5) is 77.9. The fourth-order valence-corrected chi connectivity index (χ4v) is 7.75. The molecule has 1 aromatic carbocycles. The Bertz CT molecular complexity index is 1980. The van der Waals surface area contributed by atoms with Gasteiger partial charge in [-0.05, 0) is 83.2 Å². The highest BCUT2D eigenvalue weighted by Crippen LogP contribution is 2.22. The van der Waals surface area contributed by atoms with E-state index < -0.39 is 54.1 Å². The van der Waals surface area contributed by atoms with Crippen LogP contribution >= 0.6 is 0 Å². The molecule has 518 valence electrons. The third-order valence-corrected chi connectivity index (χ3v) is 12.6. The first-order valence-electron chi connectivity index (χ1n) is 31.2. The van der Waals surface area contributed by atoms with Crippen LogP contribution in [0.2, 0.25) is 0 Å². The number of ether oxygens (including phenoxy) is 17. The molecule has 0 spiro atoms. The van der Waals surface area contributed by atoms with Crippen LogP contribution in [0, 0.1) is 5.41 Å². The maximum absolute atomic E-state index is 13.3. The number of methoxy groups -OCH3 is 2. The number of hydrogen-bond acceptors (Lipinski definition) is 24. The van der Waals surface area contributed by atoms with Crippen LogP contribution in [0.3, 0.4) is 0 Å². The van der Waals surface area contributed by atoms with E-state index in [1.165, 1.54) is 6.92 Å². The summed E-state index contributed by atoms with van der Waals surface area (Å²) in [6.07, 6.45) is 4.99. The maximum atomic E-state index is 13.3. The van der Waals surface area contributed by atoms with E-state index in [0.717, 1.165) is 67.1 Å². The maximum Gasteiger partial charge on any atom is 0.311 e. The second kappa shape index (κ2) is 55.9. The van der Waals surface area contributed by atoms with Gasteiger partial charge in [0.15, 0.2) is 0 Å². The quantitative estimate of drug-likeness (QED) is 0.0476. The molecule has 0 aromatic heterocycles. The molecule has 2 rings (SSSR count). The molecule has 1 heterocycles. The number of esters is 1. The Balaban J connectivity index is 1.80. The molecule has 1 atom stereocenters. The van der Waals surface area contributed by atoms with E-state index in [0.29, 0.717) is 210 Å². The fraction of sp³-hybridized carbons (Fsp3) is 0.774. The molecule has 28 nitrogen and oxygen atoms in total. The average Bonchev–Trinajstić information content (AvgIpc) is 2.45. The van der Waals surface area contributed by atoms with Crippen molar-refractivity contribution in [3.63, 3.8) is 0 Å². The summed E-state index contributed by atoms with van der Waals surface area (Å²) in [6.45, 7) is 22.7. The molecule has 1 aliphatic heterocycles. The van der Waals surface area contributed by atoms with Crippen molar-refractivity contribution in [2.75, 3.05) is 250 Å². The number of rotatable bonds is 63. The minimum absolute atomic E-state index is 0.0367. The van der Waals surface area contributed by atoms with E-state index in [1.54, 1.807) is 41.1 Å². The number of aryl methyl sites for hydroxylation is 1. The summed E-state index contributed by atoms with van der Waals surface area (Å²) in [6, 6.07) is 4.36. The van der Waals surface area contributed by atoms with Crippen LogP contribution in [0.5, 0.6) is 0 Å². The Morgan fingerprint density at radius 2 is 0.833 bits per heavy atom. The smallest absolute Gasteiger partial charge is 0.311 e. The van der Waals surface area contributed by atoms with E-state index in [4.69, 9.17) is 80.5 Å². The molecule has 1 aliphatic rings. The lowest BCUT2D eigenvalue weighted by Gasteiger charge is -2.23. The molecule has 0 saturated carbocycles. The first-order valence-corrected chi connectivity index (χ1v) is 31.2. The molecule has 1 aromatic rings. The van der Waals surface area contributed by atoms with E-state index in [-0.39, 0.29) is 12.6 Å². The molecular weight excluding hydrogens is 1180 g/mol. The van der Waals surface area contributed by atoms with Gasteiger partial charge in [0.2, 0.25) is 17.7 Å². The molecule has 0 radical (unpaired) electrons. The number of imide groups is 1. The standard InChI is InChI=1S/C62H107N5O23/c1-52(64-56(68)49-63-57(69)50-67-58(70)13-14-59(67)71)60(72)65-55-12-11-54(51-90-61(73)62(2,3)4)53(48-55)10-7-15-66(16-8-18-76-24-26-80-32-34-84-40-42-88-46-44-86-38-36-82-30-28-78-22-20-74-5)17-9-19-77-25-27-81-33-35-85-41-43-89-47-45-87-39-37-83-31-29-79-23-21-75-6/h11-14,48,52H,7-10,15-47,49-51H2,1-6H3,(H,63,69)(H,64,68)(H,65,72)/t52-/m0/s1. The molecule has 0 bridgehead atoms. The third kappa shape index (κ3) is 45.5. The second-order valence-electron chi connectivity index (χ2n) is 21.2.